The van der Waals surface area contributed by atoms with Crippen LogP contribution < -0.4 is 10.2 Å². The molecule has 8 nitrogen and oxygen atoms in total. The van der Waals surface area contributed by atoms with Crippen molar-refractivity contribution >= 4 is 44.0 Å². The first kappa shape index (κ1) is 18.3. The van der Waals surface area contributed by atoms with Crippen LogP contribution >= 0.6 is 11.3 Å². The molecule has 0 spiro atoms. The Balaban J connectivity index is 1.59. The minimum atomic E-state index is -0.456. The van der Waals surface area contributed by atoms with Gasteiger partial charge in [0.1, 0.15) is 5.69 Å². The van der Waals surface area contributed by atoms with Crippen LogP contribution in [-0.2, 0) is 4.74 Å². The van der Waals surface area contributed by atoms with Crippen LogP contribution in [0.1, 0.15) is 15.9 Å². The van der Waals surface area contributed by atoms with E-state index in [1.54, 1.807) is 12.1 Å². The third-order valence-electron chi connectivity index (χ3n) is 4.55. The lowest BCUT2D eigenvalue weighted by molar-refractivity contribution is -0.384. The van der Waals surface area contributed by atoms with E-state index in [1.807, 2.05) is 30.0 Å². The maximum Gasteiger partial charge on any atom is 0.293 e. The van der Waals surface area contributed by atoms with Gasteiger partial charge in [-0.25, -0.2) is 4.98 Å². The zero-order valence-electron chi connectivity index (χ0n) is 15.2. The summed E-state index contributed by atoms with van der Waals surface area (Å²) in [7, 11) is 0. The number of nitro benzene ring substituents is 1. The van der Waals surface area contributed by atoms with Gasteiger partial charge in [0.2, 0.25) is 0 Å². The standard InChI is InChI=1S/C19H18N4O4S/c1-12-2-4-14-17(10-12)28-19(20-14)21-18(24)13-3-5-15(16(11-13)23(25)26)22-6-8-27-9-7-22/h2-5,10-11H,6-9H2,1H3,(H,20,21,24). The molecule has 0 radical (unpaired) electrons. The summed E-state index contributed by atoms with van der Waals surface area (Å²) < 4.78 is 6.28. The number of aryl methyl sites for hydroxylation is 1. The molecule has 0 atom stereocenters. The molecule has 4 rings (SSSR count). The summed E-state index contributed by atoms with van der Waals surface area (Å²) in [5, 5.41) is 14.8. The Morgan fingerprint density at radius 2 is 2.04 bits per heavy atom. The number of nitrogens with one attached hydrogen (secondary N) is 1. The van der Waals surface area contributed by atoms with Gasteiger partial charge in [-0.3, -0.25) is 20.2 Å². The molecule has 1 aliphatic rings. The molecule has 1 amide bonds. The van der Waals surface area contributed by atoms with E-state index in [-0.39, 0.29) is 11.3 Å². The van der Waals surface area contributed by atoms with Gasteiger partial charge >= 0.3 is 0 Å². The van der Waals surface area contributed by atoms with Crippen LogP contribution in [0.4, 0.5) is 16.5 Å². The highest BCUT2D eigenvalue weighted by Crippen LogP contribution is 2.31. The number of hydrogen-bond donors (Lipinski definition) is 1. The van der Waals surface area contributed by atoms with E-state index in [9.17, 15) is 14.9 Å². The van der Waals surface area contributed by atoms with Crippen molar-refractivity contribution in [3.05, 3.63) is 57.6 Å². The predicted molar refractivity (Wildman–Crippen MR) is 108 cm³/mol. The highest BCUT2D eigenvalue weighted by molar-refractivity contribution is 7.22. The number of rotatable bonds is 4. The Labute approximate surface area is 164 Å². The quantitative estimate of drug-likeness (QED) is 0.533. The topological polar surface area (TPSA) is 97.6 Å². The largest absolute Gasteiger partial charge is 0.378 e. The molecule has 9 heteroatoms. The van der Waals surface area contributed by atoms with E-state index < -0.39 is 10.8 Å². The molecule has 1 saturated heterocycles. The number of morpholine rings is 1. The lowest BCUT2D eigenvalue weighted by atomic mass is 10.1. The fourth-order valence-electron chi connectivity index (χ4n) is 3.14. The van der Waals surface area contributed by atoms with E-state index in [2.05, 4.69) is 10.3 Å². The second-order valence-electron chi connectivity index (χ2n) is 6.50. The number of fused-ring (bicyclic) bond motifs is 1. The second-order valence-corrected chi connectivity index (χ2v) is 7.53. The number of amides is 1. The summed E-state index contributed by atoms with van der Waals surface area (Å²) in [6.07, 6.45) is 0. The Morgan fingerprint density at radius 1 is 1.25 bits per heavy atom. The summed E-state index contributed by atoms with van der Waals surface area (Å²) >= 11 is 1.37. The van der Waals surface area contributed by atoms with Gasteiger partial charge in [0.25, 0.3) is 11.6 Å². The van der Waals surface area contributed by atoms with Crippen molar-refractivity contribution in [2.45, 2.75) is 6.92 Å². The van der Waals surface area contributed by atoms with Crippen molar-refractivity contribution in [3.8, 4) is 0 Å². The summed E-state index contributed by atoms with van der Waals surface area (Å²) in [4.78, 5) is 30.0. The molecule has 0 bridgehead atoms. The SMILES string of the molecule is Cc1ccc2nc(NC(=O)c3ccc(N4CCOCC4)c([N+](=O)[O-])c3)sc2c1. The van der Waals surface area contributed by atoms with Crippen LogP contribution in [0, 0.1) is 17.0 Å². The van der Waals surface area contributed by atoms with Crippen LogP contribution in [0.5, 0.6) is 0 Å². The minimum absolute atomic E-state index is 0.0884. The van der Waals surface area contributed by atoms with E-state index in [0.717, 1.165) is 15.8 Å². The molecule has 28 heavy (non-hydrogen) atoms. The fraction of sp³-hybridized carbons (Fsp3) is 0.263. The molecule has 0 unspecified atom stereocenters. The van der Waals surface area contributed by atoms with E-state index in [1.165, 1.54) is 17.4 Å². The number of anilines is 2. The number of nitro groups is 1. The third kappa shape index (κ3) is 3.67. The van der Waals surface area contributed by atoms with Gasteiger partial charge in [0.05, 0.1) is 28.4 Å². The number of thiazole rings is 1. The molecule has 3 aromatic rings. The fourth-order valence-corrected chi connectivity index (χ4v) is 4.10. The average molecular weight is 398 g/mol. The van der Waals surface area contributed by atoms with Gasteiger partial charge in [-0.15, -0.1) is 0 Å². The van der Waals surface area contributed by atoms with Crippen molar-refractivity contribution < 1.29 is 14.5 Å². The molecule has 1 N–H and O–H groups in total. The van der Waals surface area contributed by atoms with Crippen molar-refractivity contribution in [2.24, 2.45) is 0 Å². The number of aromatic nitrogens is 1. The number of carbonyl (C=O) groups is 1. The van der Waals surface area contributed by atoms with Crippen molar-refractivity contribution in [1.29, 1.82) is 0 Å². The summed E-state index contributed by atoms with van der Waals surface area (Å²) in [5.74, 6) is -0.424. The monoisotopic (exact) mass is 398 g/mol. The number of benzene rings is 2. The Kier molecular flexibility index (Phi) is 4.93. The Morgan fingerprint density at radius 3 is 2.79 bits per heavy atom. The van der Waals surface area contributed by atoms with Crippen LogP contribution in [-0.4, -0.2) is 42.1 Å². The maximum atomic E-state index is 12.6. The Bertz CT molecular complexity index is 1060. The molecular formula is C19H18N4O4S. The highest BCUT2D eigenvalue weighted by atomic mass is 32.1. The van der Waals surface area contributed by atoms with Gasteiger partial charge in [-0.05, 0) is 36.8 Å². The number of nitrogens with zero attached hydrogens (tertiary/aromatic N) is 3. The number of carbonyl (C=O) groups excluding carboxylic acids is 1. The van der Waals surface area contributed by atoms with Crippen LogP contribution in [0.25, 0.3) is 10.2 Å². The van der Waals surface area contributed by atoms with Gasteiger partial charge in [0, 0.05) is 24.7 Å². The first-order valence-electron chi connectivity index (χ1n) is 8.81. The Hall–Kier alpha value is -3.04. The van der Waals surface area contributed by atoms with Crippen LogP contribution in [0.3, 0.4) is 0 Å². The van der Waals surface area contributed by atoms with Crippen LogP contribution in [0.2, 0.25) is 0 Å². The number of ether oxygens (including phenoxy) is 1. The van der Waals surface area contributed by atoms with Crippen molar-refractivity contribution in [3.63, 3.8) is 0 Å². The van der Waals surface area contributed by atoms with Crippen molar-refractivity contribution in [1.82, 2.24) is 4.98 Å². The predicted octanol–water partition coefficient (Wildman–Crippen LogP) is 3.60. The normalized spacial score (nSPS) is 14.2. The van der Waals surface area contributed by atoms with Crippen molar-refractivity contribution in [2.75, 3.05) is 36.5 Å². The number of hydrogen-bond acceptors (Lipinski definition) is 7. The summed E-state index contributed by atoms with van der Waals surface area (Å²) in [5.41, 5.74) is 2.55. The summed E-state index contributed by atoms with van der Waals surface area (Å²) in [6, 6.07) is 10.4. The molecule has 1 aromatic heterocycles. The average Bonchev–Trinajstić information content (AvgIpc) is 3.09. The molecule has 2 heterocycles. The molecular weight excluding hydrogens is 380 g/mol. The van der Waals surface area contributed by atoms with Gasteiger partial charge < -0.3 is 9.64 Å². The highest BCUT2D eigenvalue weighted by Gasteiger charge is 2.23. The van der Waals surface area contributed by atoms with E-state index in [0.29, 0.717) is 37.1 Å². The maximum absolute atomic E-state index is 12.6. The first-order chi connectivity index (χ1) is 13.5. The lowest BCUT2D eigenvalue weighted by Crippen LogP contribution is -2.36. The smallest absolute Gasteiger partial charge is 0.293 e. The molecule has 1 fully saturated rings. The van der Waals surface area contributed by atoms with Gasteiger partial charge in [-0.1, -0.05) is 17.4 Å². The third-order valence-corrected chi connectivity index (χ3v) is 5.48. The van der Waals surface area contributed by atoms with E-state index >= 15 is 0 Å². The molecule has 144 valence electrons. The lowest BCUT2D eigenvalue weighted by Gasteiger charge is -2.28. The van der Waals surface area contributed by atoms with E-state index in [4.69, 9.17) is 4.74 Å². The van der Waals surface area contributed by atoms with Crippen LogP contribution in [0.15, 0.2) is 36.4 Å². The molecule has 0 aliphatic carbocycles. The zero-order valence-corrected chi connectivity index (χ0v) is 16.0. The first-order valence-corrected chi connectivity index (χ1v) is 9.62. The van der Waals surface area contributed by atoms with Gasteiger partial charge in [-0.2, -0.15) is 0 Å². The molecule has 0 saturated carbocycles. The molecule has 2 aromatic carbocycles. The zero-order chi connectivity index (χ0) is 19.7. The second kappa shape index (κ2) is 7.53. The molecule has 1 aliphatic heterocycles. The minimum Gasteiger partial charge on any atom is -0.378 e. The van der Waals surface area contributed by atoms with Gasteiger partial charge in [0.15, 0.2) is 5.13 Å². The summed E-state index contributed by atoms with van der Waals surface area (Å²) in [6.45, 7) is 4.20.